The van der Waals surface area contributed by atoms with Crippen LogP contribution in [0.2, 0.25) is 0 Å². The second kappa shape index (κ2) is 6.04. The van der Waals surface area contributed by atoms with Crippen molar-refractivity contribution < 1.29 is 13.6 Å². The van der Waals surface area contributed by atoms with Crippen molar-refractivity contribution in [3.05, 3.63) is 16.5 Å². The van der Waals surface area contributed by atoms with Gasteiger partial charge in [-0.15, -0.1) is 11.3 Å². The molecular formula is C10H14F2N4OS2. The predicted molar refractivity (Wildman–Crippen MR) is 71.1 cm³/mol. The van der Waals surface area contributed by atoms with E-state index in [9.17, 15) is 13.6 Å². The molecule has 1 unspecified atom stereocenters. The van der Waals surface area contributed by atoms with E-state index >= 15 is 0 Å². The summed E-state index contributed by atoms with van der Waals surface area (Å²) in [6, 6.07) is 1.05. The van der Waals surface area contributed by atoms with Crippen LogP contribution in [0.3, 0.4) is 0 Å². The Balaban J connectivity index is 2.14. The van der Waals surface area contributed by atoms with Crippen molar-refractivity contribution >= 4 is 28.2 Å². The van der Waals surface area contributed by atoms with E-state index in [1.807, 2.05) is 6.07 Å². The average molecular weight is 308 g/mol. The van der Waals surface area contributed by atoms with Gasteiger partial charge in [0.2, 0.25) is 0 Å². The summed E-state index contributed by atoms with van der Waals surface area (Å²) in [6.07, 6.45) is -1.60. The summed E-state index contributed by atoms with van der Waals surface area (Å²) >= 11 is 1.48. The lowest BCUT2D eigenvalue weighted by Crippen LogP contribution is -2.33. The van der Waals surface area contributed by atoms with Crippen molar-refractivity contribution in [1.82, 2.24) is 4.90 Å². The Kier molecular flexibility index (Phi) is 4.61. The molecule has 0 saturated heterocycles. The highest BCUT2D eigenvalue weighted by Gasteiger charge is 2.22. The molecule has 1 aliphatic rings. The molecule has 0 aliphatic carbocycles. The van der Waals surface area contributed by atoms with Crippen LogP contribution in [0, 0.1) is 0 Å². The summed E-state index contributed by atoms with van der Waals surface area (Å²) < 4.78 is 29.0. The summed E-state index contributed by atoms with van der Waals surface area (Å²) in [5, 5.41) is 5.76. The number of alkyl halides is 2. The average Bonchev–Trinajstić information content (AvgIpc) is 2.70. The smallest absolute Gasteiger partial charge is 0.345 e. The van der Waals surface area contributed by atoms with Gasteiger partial charge in [-0.25, -0.2) is 13.6 Å². The Bertz CT molecular complexity index is 518. The van der Waals surface area contributed by atoms with Crippen LogP contribution in [0.4, 0.5) is 13.6 Å². The van der Waals surface area contributed by atoms with Crippen LogP contribution in [-0.4, -0.2) is 30.4 Å². The minimum Gasteiger partial charge on any atom is -0.349 e. The van der Waals surface area contributed by atoms with Crippen LogP contribution in [-0.2, 0) is 23.8 Å². The highest BCUT2D eigenvalue weighted by atomic mass is 32.2. The van der Waals surface area contributed by atoms with E-state index < -0.39 is 23.3 Å². The molecule has 19 heavy (non-hydrogen) atoms. The van der Waals surface area contributed by atoms with Crippen LogP contribution in [0.5, 0.6) is 0 Å². The number of hydrogen-bond acceptors (Lipinski definition) is 3. The van der Waals surface area contributed by atoms with Crippen molar-refractivity contribution in [1.29, 1.82) is 0 Å². The number of nitrogens with zero attached hydrogens (tertiary/aromatic N) is 2. The molecule has 0 spiro atoms. The fourth-order valence-corrected chi connectivity index (χ4v) is 4.15. The summed E-state index contributed by atoms with van der Waals surface area (Å²) in [7, 11) is -1.05. The molecule has 0 saturated carbocycles. The molecule has 5 nitrogen and oxygen atoms in total. The van der Waals surface area contributed by atoms with Gasteiger partial charge in [0.15, 0.2) is 0 Å². The van der Waals surface area contributed by atoms with Crippen LogP contribution < -0.4 is 10.9 Å². The maximum Gasteiger partial charge on any atom is 0.345 e. The molecule has 0 radical (unpaired) electrons. The third-order valence-corrected chi connectivity index (χ3v) is 5.41. The zero-order valence-electron chi connectivity index (χ0n) is 10.0. The maximum atomic E-state index is 12.3. The van der Waals surface area contributed by atoms with Gasteiger partial charge in [0.05, 0.1) is 10.8 Å². The molecule has 106 valence electrons. The fourth-order valence-electron chi connectivity index (χ4n) is 1.96. The molecule has 2 rings (SSSR count). The fraction of sp³-hybridized carbons (Fsp3) is 0.500. The number of amides is 2. The molecule has 1 aromatic heterocycles. The molecular weight excluding hydrogens is 294 g/mol. The summed E-state index contributed by atoms with van der Waals surface area (Å²) in [4.78, 5) is 13.5. The lowest BCUT2D eigenvalue weighted by atomic mass is 10.1. The Morgan fingerprint density at radius 2 is 2.37 bits per heavy atom. The third kappa shape index (κ3) is 3.78. The van der Waals surface area contributed by atoms with E-state index in [1.165, 1.54) is 11.3 Å². The van der Waals surface area contributed by atoms with Gasteiger partial charge in [0.25, 0.3) is 6.43 Å². The van der Waals surface area contributed by atoms with E-state index in [1.54, 1.807) is 4.90 Å². The number of primary amides is 1. The predicted octanol–water partition coefficient (Wildman–Crippen LogP) is 1.48. The molecule has 2 heterocycles. The first-order chi connectivity index (χ1) is 8.95. The Morgan fingerprint density at radius 1 is 1.63 bits per heavy atom. The summed E-state index contributed by atoms with van der Waals surface area (Å²) in [5.74, 6) is 0. The van der Waals surface area contributed by atoms with Crippen molar-refractivity contribution in [2.75, 3.05) is 13.1 Å². The number of hydrogen-bond donors (Lipinski definition) is 2. The molecule has 9 heteroatoms. The number of halogens is 2. The van der Waals surface area contributed by atoms with E-state index in [-0.39, 0.29) is 6.54 Å². The lowest BCUT2D eigenvalue weighted by molar-refractivity contribution is 0.0824. The van der Waals surface area contributed by atoms with Crippen LogP contribution in [0.1, 0.15) is 10.4 Å². The Labute approximate surface area is 115 Å². The van der Waals surface area contributed by atoms with Gasteiger partial charge < -0.3 is 5.73 Å². The van der Waals surface area contributed by atoms with Crippen molar-refractivity contribution in [3.8, 4) is 0 Å². The molecule has 0 fully saturated rings. The molecule has 2 amide bonds. The quantitative estimate of drug-likeness (QED) is 0.887. The van der Waals surface area contributed by atoms with Crippen molar-refractivity contribution in [2.24, 2.45) is 15.2 Å². The Hall–Kier alpha value is -0.900. The van der Waals surface area contributed by atoms with Crippen molar-refractivity contribution in [2.45, 2.75) is 23.6 Å². The zero-order valence-corrected chi connectivity index (χ0v) is 11.6. The van der Waals surface area contributed by atoms with Gasteiger partial charge in [0.1, 0.15) is 0 Å². The molecule has 1 aliphatic heterocycles. The first kappa shape index (κ1) is 14.5. The first-order valence-corrected chi connectivity index (χ1v) is 7.64. The Morgan fingerprint density at radius 3 is 3.00 bits per heavy atom. The van der Waals surface area contributed by atoms with Crippen LogP contribution in [0.15, 0.2) is 14.6 Å². The molecule has 0 bridgehead atoms. The minimum atomic E-state index is -2.33. The minimum absolute atomic E-state index is 0.218. The summed E-state index contributed by atoms with van der Waals surface area (Å²) in [5.41, 5.74) is 5.96. The highest BCUT2D eigenvalue weighted by Crippen LogP contribution is 2.30. The van der Waals surface area contributed by atoms with Gasteiger partial charge in [-0.05, 0) is 18.1 Å². The summed E-state index contributed by atoms with van der Waals surface area (Å²) in [6.45, 7) is 0.886. The number of nitrogens with two attached hydrogens (primary N) is 2. The van der Waals surface area contributed by atoms with Gasteiger partial charge in [0, 0.05) is 28.8 Å². The highest BCUT2D eigenvalue weighted by molar-refractivity contribution is 7.87. The van der Waals surface area contributed by atoms with Gasteiger partial charge in [-0.3, -0.25) is 10.0 Å². The van der Waals surface area contributed by atoms with E-state index in [2.05, 4.69) is 4.36 Å². The number of carbonyl (C=O) groups is 1. The SMILES string of the molecule is NC(=O)/N=S(/N)c1cc2c(s1)CCN(CC(F)F)C2. The third-order valence-electron chi connectivity index (χ3n) is 2.71. The number of thiophene rings is 1. The second-order valence-corrected chi connectivity index (χ2v) is 6.78. The van der Waals surface area contributed by atoms with Crippen molar-refractivity contribution in [3.63, 3.8) is 0 Å². The standard InChI is InChI=1S/C10H14F2N4OS2/c11-8(12)5-16-2-1-7-6(4-16)3-9(18-7)19(14)15-10(13)17/h3,8H,1-2,4-5H2,(H4,13,14,15,17). The number of urea groups is 1. The topological polar surface area (TPSA) is 84.7 Å². The number of fused-ring (bicyclic) bond motifs is 1. The first-order valence-electron chi connectivity index (χ1n) is 5.57. The van der Waals surface area contributed by atoms with Crippen LogP contribution in [0.25, 0.3) is 0 Å². The van der Waals surface area contributed by atoms with Gasteiger partial charge >= 0.3 is 6.03 Å². The van der Waals surface area contributed by atoms with E-state index in [0.717, 1.165) is 21.1 Å². The molecule has 0 aromatic carbocycles. The van der Waals surface area contributed by atoms with Crippen LogP contribution >= 0.6 is 11.3 Å². The lowest BCUT2D eigenvalue weighted by Gasteiger charge is -2.26. The van der Waals surface area contributed by atoms with E-state index in [4.69, 9.17) is 10.9 Å². The zero-order chi connectivity index (χ0) is 14.0. The molecule has 1 atom stereocenters. The normalized spacial score (nSPS) is 17.7. The second-order valence-electron chi connectivity index (χ2n) is 4.13. The largest absolute Gasteiger partial charge is 0.349 e. The molecule has 4 N–H and O–H groups in total. The maximum absolute atomic E-state index is 12.3. The number of carbonyl (C=O) groups excluding carboxylic acids is 1. The number of rotatable bonds is 3. The van der Waals surface area contributed by atoms with Gasteiger partial charge in [-0.1, -0.05) is 0 Å². The van der Waals surface area contributed by atoms with Gasteiger partial charge in [-0.2, -0.15) is 4.36 Å². The monoisotopic (exact) mass is 308 g/mol. The van der Waals surface area contributed by atoms with E-state index in [0.29, 0.717) is 13.1 Å². The molecule has 1 aromatic rings.